The van der Waals surface area contributed by atoms with Crippen molar-refractivity contribution in [3.8, 4) is 0 Å². The average molecular weight is 259 g/mol. The van der Waals surface area contributed by atoms with Crippen LogP contribution in [-0.2, 0) is 4.79 Å². The van der Waals surface area contributed by atoms with Crippen LogP contribution < -0.4 is 5.32 Å². The normalized spacial score (nSPS) is 17.7. The maximum atomic E-state index is 10.5. The Morgan fingerprint density at radius 3 is 2.40 bits per heavy atom. The molecule has 4 nitrogen and oxygen atoms in total. The molecule has 0 aromatic heterocycles. The molecule has 1 rings (SSSR count). The predicted molar refractivity (Wildman–Crippen MR) is 65.3 cm³/mol. The van der Waals surface area contributed by atoms with E-state index in [1.807, 2.05) is 0 Å². The Morgan fingerprint density at radius 2 is 1.93 bits per heavy atom. The molecule has 0 radical (unpaired) electrons. The summed E-state index contributed by atoms with van der Waals surface area (Å²) in [6.45, 7) is 5.75. The minimum atomic E-state index is -0.776. The molecule has 6 heteroatoms. The third-order valence-electron chi connectivity index (χ3n) is 2.45. The number of hydrogen-bond acceptors (Lipinski definition) is 3. The van der Waals surface area contributed by atoms with E-state index in [1.54, 1.807) is 6.92 Å². The second kappa shape index (κ2) is 9.21. The molecule has 92 valence electrons. The molecule has 0 bridgehead atoms. The minimum Gasteiger partial charge on any atom is -0.480 e. The summed E-state index contributed by atoms with van der Waals surface area (Å²) in [5.74, 6) is -0.776. The topological polar surface area (TPSA) is 52.6 Å². The Labute approximate surface area is 103 Å². The van der Waals surface area contributed by atoms with Crippen LogP contribution >= 0.6 is 24.8 Å². The Hall–Kier alpha value is -0.0300. The van der Waals surface area contributed by atoms with Gasteiger partial charge in [0.2, 0.25) is 0 Å². The van der Waals surface area contributed by atoms with Gasteiger partial charge in [-0.2, -0.15) is 0 Å². The van der Waals surface area contributed by atoms with Crippen LogP contribution in [0.5, 0.6) is 0 Å². The third kappa shape index (κ3) is 6.95. The highest BCUT2D eigenvalue weighted by atomic mass is 35.5. The van der Waals surface area contributed by atoms with Crippen molar-refractivity contribution < 1.29 is 9.90 Å². The Morgan fingerprint density at radius 1 is 1.40 bits per heavy atom. The van der Waals surface area contributed by atoms with E-state index in [2.05, 4.69) is 10.2 Å². The molecular formula is C9H20Cl2N2O2. The van der Waals surface area contributed by atoms with Crippen LogP contribution in [0.4, 0.5) is 0 Å². The van der Waals surface area contributed by atoms with Crippen molar-refractivity contribution >= 4 is 30.8 Å². The van der Waals surface area contributed by atoms with Gasteiger partial charge < -0.3 is 15.3 Å². The summed E-state index contributed by atoms with van der Waals surface area (Å²) in [4.78, 5) is 12.8. The van der Waals surface area contributed by atoms with E-state index < -0.39 is 12.0 Å². The third-order valence-corrected chi connectivity index (χ3v) is 2.45. The first-order valence-electron chi connectivity index (χ1n) is 4.88. The van der Waals surface area contributed by atoms with Crippen LogP contribution in [0.25, 0.3) is 0 Å². The first kappa shape index (κ1) is 17.4. The number of likely N-dealkylation sites (tertiary alicyclic amines) is 1. The van der Waals surface area contributed by atoms with Crippen LogP contribution in [0.15, 0.2) is 0 Å². The van der Waals surface area contributed by atoms with Gasteiger partial charge in [-0.3, -0.25) is 4.79 Å². The zero-order valence-electron chi connectivity index (χ0n) is 8.94. The number of halogens is 2. The quantitative estimate of drug-likeness (QED) is 0.773. The van der Waals surface area contributed by atoms with E-state index in [1.165, 1.54) is 25.9 Å². The number of hydrogen-bond donors (Lipinski definition) is 2. The fourth-order valence-corrected chi connectivity index (χ4v) is 1.53. The lowest BCUT2D eigenvalue weighted by Crippen LogP contribution is -2.38. The molecule has 1 aliphatic heterocycles. The summed E-state index contributed by atoms with van der Waals surface area (Å²) < 4.78 is 0. The molecule has 1 atom stereocenters. The predicted octanol–water partition coefficient (Wildman–Crippen LogP) is 0.989. The van der Waals surface area contributed by atoms with E-state index in [9.17, 15) is 4.79 Å². The molecule has 1 unspecified atom stereocenters. The lowest BCUT2D eigenvalue weighted by Gasteiger charge is -2.16. The molecule has 2 N–H and O–H groups in total. The van der Waals surface area contributed by atoms with Gasteiger partial charge in [0.15, 0.2) is 0 Å². The summed E-state index contributed by atoms with van der Waals surface area (Å²) >= 11 is 0. The molecule has 0 amide bonds. The summed E-state index contributed by atoms with van der Waals surface area (Å²) in [6.07, 6.45) is 2.57. The van der Waals surface area contributed by atoms with Crippen molar-refractivity contribution in [3.63, 3.8) is 0 Å². The number of nitrogens with zero attached hydrogens (tertiary/aromatic N) is 1. The van der Waals surface area contributed by atoms with Gasteiger partial charge >= 0.3 is 5.97 Å². The van der Waals surface area contributed by atoms with E-state index in [0.717, 1.165) is 13.1 Å². The van der Waals surface area contributed by atoms with Crippen molar-refractivity contribution in [2.75, 3.05) is 26.2 Å². The smallest absolute Gasteiger partial charge is 0.320 e. The number of aliphatic carboxylic acids is 1. The SMILES string of the molecule is CC(NCCN1CCCC1)C(=O)O.Cl.Cl. The van der Waals surface area contributed by atoms with Gasteiger partial charge in [-0.05, 0) is 32.9 Å². The van der Waals surface area contributed by atoms with E-state index in [-0.39, 0.29) is 24.8 Å². The molecule has 0 spiro atoms. The summed E-state index contributed by atoms with van der Waals surface area (Å²) in [5.41, 5.74) is 0. The lowest BCUT2D eigenvalue weighted by atomic mass is 10.3. The van der Waals surface area contributed by atoms with Gasteiger partial charge in [0.25, 0.3) is 0 Å². The maximum absolute atomic E-state index is 10.5. The van der Waals surface area contributed by atoms with Crippen LogP contribution in [0.1, 0.15) is 19.8 Å². The molecule has 0 aromatic rings. The number of carboxylic acids is 1. The van der Waals surface area contributed by atoms with Crippen LogP contribution in [0.3, 0.4) is 0 Å². The van der Waals surface area contributed by atoms with Crippen molar-refractivity contribution in [1.29, 1.82) is 0 Å². The van der Waals surface area contributed by atoms with Crippen molar-refractivity contribution in [2.45, 2.75) is 25.8 Å². The lowest BCUT2D eigenvalue weighted by molar-refractivity contribution is -0.139. The second-order valence-electron chi connectivity index (χ2n) is 3.56. The number of carbonyl (C=O) groups is 1. The van der Waals surface area contributed by atoms with Gasteiger partial charge in [-0.15, -0.1) is 24.8 Å². The van der Waals surface area contributed by atoms with E-state index in [4.69, 9.17) is 5.11 Å². The number of nitrogens with one attached hydrogen (secondary N) is 1. The van der Waals surface area contributed by atoms with Crippen LogP contribution in [0, 0.1) is 0 Å². The highest BCUT2D eigenvalue weighted by Crippen LogP contribution is 2.05. The molecule has 15 heavy (non-hydrogen) atoms. The van der Waals surface area contributed by atoms with E-state index >= 15 is 0 Å². The van der Waals surface area contributed by atoms with Crippen molar-refractivity contribution in [1.82, 2.24) is 10.2 Å². The average Bonchev–Trinajstić information content (AvgIpc) is 2.56. The van der Waals surface area contributed by atoms with E-state index in [0.29, 0.717) is 0 Å². The van der Waals surface area contributed by atoms with Crippen LogP contribution in [0.2, 0.25) is 0 Å². The standard InChI is InChI=1S/C9H18N2O2.2ClH/c1-8(9(12)13)10-4-7-11-5-2-3-6-11;;/h8,10H,2-7H2,1H3,(H,12,13);2*1H. The second-order valence-corrected chi connectivity index (χ2v) is 3.56. The Kier molecular flexibility index (Phi) is 10.7. The molecule has 1 fully saturated rings. The number of carboxylic acid groups (broad SMARTS) is 1. The highest BCUT2D eigenvalue weighted by molar-refractivity contribution is 5.85. The molecule has 1 saturated heterocycles. The highest BCUT2D eigenvalue weighted by Gasteiger charge is 2.12. The Balaban J connectivity index is 0. The van der Waals surface area contributed by atoms with Gasteiger partial charge in [0.1, 0.15) is 6.04 Å². The Bertz CT molecular complexity index is 175. The summed E-state index contributed by atoms with van der Waals surface area (Å²) in [6, 6.07) is -0.428. The van der Waals surface area contributed by atoms with Gasteiger partial charge in [0.05, 0.1) is 0 Å². The first-order valence-corrected chi connectivity index (χ1v) is 4.88. The molecular weight excluding hydrogens is 239 g/mol. The molecule has 0 saturated carbocycles. The van der Waals surface area contributed by atoms with Gasteiger partial charge in [-0.25, -0.2) is 0 Å². The molecule has 0 aromatic carbocycles. The first-order chi connectivity index (χ1) is 6.20. The largest absolute Gasteiger partial charge is 0.480 e. The molecule has 1 aliphatic rings. The fourth-order valence-electron chi connectivity index (χ4n) is 1.53. The van der Waals surface area contributed by atoms with Crippen molar-refractivity contribution in [3.05, 3.63) is 0 Å². The summed E-state index contributed by atoms with van der Waals surface area (Å²) in [5, 5.41) is 11.6. The monoisotopic (exact) mass is 258 g/mol. The summed E-state index contributed by atoms with van der Waals surface area (Å²) in [7, 11) is 0. The minimum absolute atomic E-state index is 0. The van der Waals surface area contributed by atoms with Crippen molar-refractivity contribution in [2.24, 2.45) is 0 Å². The molecule has 1 heterocycles. The number of rotatable bonds is 5. The maximum Gasteiger partial charge on any atom is 0.320 e. The van der Waals surface area contributed by atoms with Gasteiger partial charge in [0, 0.05) is 13.1 Å². The zero-order chi connectivity index (χ0) is 9.68. The fraction of sp³-hybridized carbons (Fsp3) is 0.889. The van der Waals surface area contributed by atoms with Crippen LogP contribution in [-0.4, -0.2) is 48.2 Å². The zero-order valence-corrected chi connectivity index (χ0v) is 10.6. The van der Waals surface area contributed by atoms with Gasteiger partial charge in [-0.1, -0.05) is 0 Å². The molecule has 0 aliphatic carbocycles.